The standard InChI is InChI=1S/C14H17ClO3.C8H9NO.C2H7N.C2H6/c1-9-12(14(16)17)7-10(15)8-13(9)18-11-5-3-2-4-6-11;10-7-9-6-8-4-2-1-3-5-8;1-2-3;1-2/h7-8,11H,2-6H2,1H3,(H,16,17);1-5,7H,6H2,(H,9,10);2-3H2,1H3;1-2H3. The molecule has 0 saturated heterocycles. The van der Waals surface area contributed by atoms with Crippen LogP contribution in [0.4, 0.5) is 0 Å². The molecule has 7 heteroatoms. The van der Waals surface area contributed by atoms with Crippen molar-refractivity contribution in [3.8, 4) is 5.75 Å². The van der Waals surface area contributed by atoms with Crippen LogP contribution >= 0.6 is 11.6 Å². The van der Waals surface area contributed by atoms with E-state index in [-0.39, 0.29) is 11.7 Å². The van der Waals surface area contributed by atoms with Crippen molar-refractivity contribution >= 4 is 24.0 Å². The van der Waals surface area contributed by atoms with E-state index in [1.807, 2.05) is 51.1 Å². The molecule has 0 unspecified atom stereocenters. The second-order valence-corrected chi connectivity index (χ2v) is 7.59. The van der Waals surface area contributed by atoms with Crippen LogP contribution in [0.1, 0.15) is 74.4 Å². The molecule has 0 aliphatic heterocycles. The highest BCUT2D eigenvalue weighted by atomic mass is 35.5. The fourth-order valence-corrected chi connectivity index (χ4v) is 3.32. The van der Waals surface area contributed by atoms with Crippen molar-refractivity contribution in [1.29, 1.82) is 0 Å². The molecule has 3 rings (SSSR count). The summed E-state index contributed by atoms with van der Waals surface area (Å²) in [5, 5.41) is 12.1. The highest BCUT2D eigenvalue weighted by Gasteiger charge is 2.19. The summed E-state index contributed by atoms with van der Waals surface area (Å²) in [4.78, 5) is 21.0. The first-order valence-electron chi connectivity index (χ1n) is 11.5. The van der Waals surface area contributed by atoms with Gasteiger partial charge in [-0.15, -0.1) is 0 Å². The van der Waals surface area contributed by atoms with E-state index >= 15 is 0 Å². The third kappa shape index (κ3) is 12.9. The Morgan fingerprint density at radius 3 is 2.27 bits per heavy atom. The Kier molecular flexibility index (Phi) is 17.5. The number of halogens is 1. The number of carboxylic acid groups (broad SMARTS) is 1. The molecule has 0 heterocycles. The first kappa shape index (κ1) is 30.4. The number of rotatable bonds is 6. The van der Waals surface area contributed by atoms with Crippen molar-refractivity contribution in [2.75, 3.05) is 6.54 Å². The summed E-state index contributed by atoms with van der Waals surface area (Å²) in [5.41, 5.74) is 6.83. The van der Waals surface area contributed by atoms with Crippen molar-refractivity contribution < 1.29 is 19.4 Å². The lowest BCUT2D eigenvalue weighted by atomic mass is 9.97. The maximum Gasteiger partial charge on any atom is 0.336 e. The number of carbonyl (C=O) groups excluding carboxylic acids is 1. The predicted molar refractivity (Wildman–Crippen MR) is 136 cm³/mol. The monoisotopic (exact) mass is 478 g/mol. The number of carbonyl (C=O) groups is 2. The zero-order valence-electron chi connectivity index (χ0n) is 20.3. The van der Waals surface area contributed by atoms with Gasteiger partial charge < -0.3 is 20.9 Å². The summed E-state index contributed by atoms with van der Waals surface area (Å²) in [6.07, 6.45) is 6.58. The summed E-state index contributed by atoms with van der Waals surface area (Å²) in [6.45, 7) is 9.03. The molecule has 1 aliphatic rings. The molecule has 2 aromatic rings. The van der Waals surface area contributed by atoms with E-state index in [2.05, 4.69) is 5.32 Å². The van der Waals surface area contributed by atoms with E-state index in [4.69, 9.17) is 27.2 Å². The molecule has 0 spiro atoms. The van der Waals surface area contributed by atoms with Gasteiger partial charge in [-0.1, -0.05) is 69.1 Å². The second-order valence-electron chi connectivity index (χ2n) is 7.15. The molecule has 1 aliphatic carbocycles. The Bertz CT molecular complexity index is 794. The van der Waals surface area contributed by atoms with Crippen LogP contribution in [-0.2, 0) is 11.3 Å². The van der Waals surface area contributed by atoms with Crippen molar-refractivity contribution in [2.24, 2.45) is 5.73 Å². The average Bonchev–Trinajstić information content (AvgIpc) is 2.83. The van der Waals surface area contributed by atoms with Gasteiger partial charge >= 0.3 is 5.97 Å². The van der Waals surface area contributed by atoms with E-state index in [0.29, 0.717) is 29.3 Å². The molecule has 1 saturated carbocycles. The lowest BCUT2D eigenvalue weighted by molar-refractivity contribution is -0.109. The van der Waals surface area contributed by atoms with Gasteiger partial charge in [0.2, 0.25) is 6.41 Å². The van der Waals surface area contributed by atoms with Gasteiger partial charge in [-0.25, -0.2) is 4.79 Å². The zero-order valence-corrected chi connectivity index (χ0v) is 21.0. The smallest absolute Gasteiger partial charge is 0.336 e. The molecule has 4 N–H and O–H groups in total. The van der Waals surface area contributed by atoms with Crippen LogP contribution in [0.3, 0.4) is 0 Å². The maximum absolute atomic E-state index is 11.1. The van der Waals surface area contributed by atoms with Crippen LogP contribution in [0, 0.1) is 6.92 Å². The summed E-state index contributed by atoms with van der Waals surface area (Å²) in [6, 6.07) is 13.0. The number of ether oxygens (including phenoxy) is 1. The van der Waals surface area contributed by atoms with E-state index in [1.165, 1.54) is 25.3 Å². The van der Waals surface area contributed by atoms with Crippen molar-refractivity contribution in [3.05, 3.63) is 64.2 Å². The summed E-state index contributed by atoms with van der Waals surface area (Å²) < 4.78 is 5.91. The van der Waals surface area contributed by atoms with E-state index in [0.717, 1.165) is 24.9 Å². The summed E-state index contributed by atoms with van der Waals surface area (Å²) in [5.74, 6) is -0.365. The lowest BCUT2D eigenvalue weighted by Gasteiger charge is -2.24. The molecule has 2 aromatic carbocycles. The van der Waals surface area contributed by atoms with Crippen LogP contribution in [0.25, 0.3) is 0 Å². The number of carboxylic acids is 1. The van der Waals surface area contributed by atoms with Gasteiger partial charge in [-0.3, -0.25) is 4.79 Å². The Morgan fingerprint density at radius 1 is 1.18 bits per heavy atom. The highest BCUT2D eigenvalue weighted by Crippen LogP contribution is 2.30. The topological polar surface area (TPSA) is 102 Å². The van der Waals surface area contributed by atoms with Crippen LogP contribution < -0.4 is 15.8 Å². The Labute approximate surface area is 203 Å². The van der Waals surface area contributed by atoms with Gasteiger partial charge in [0.15, 0.2) is 0 Å². The van der Waals surface area contributed by atoms with Crippen LogP contribution in [0.2, 0.25) is 5.02 Å². The number of aromatic carboxylic acids is 1. The Hall–Kier alpha value is -2.57. The largest absolute Gasteiger partial charge is 0.490 e. The fraction of sp³-hybridized carbons (Fsp3) is 0.462. The molecule has 0 radical (unpaired) electrons. The predicted octanol–water partition coefficient (Wildman–Crippen LogP) is 5.98. The Morgan fingerprint density at radius 2 is 1.76 bits per heavy atom. The molecular weight excluding hydrogens is 440 g/mol. The minimum Gasteiger partial charge on any atom is -0.490 e. The number of benzene rings is 2. The molecule has 0 atom stereocenters. The van der Waals surface area contributed by atoms with Crippen molar-refractivity contribution in [2.45, 2.75) is 72.4 Å². The number of hydrogen-bond donors (Lipinski definition) is 3. The fourth-order valence-electron chi connectivity index (χ4n) is 3.12. The van der Waals surface area contributed by atoms with Crippen LogP contribution in [-0.4, -0.2) is 30.1 Å². The average molecular weight is 479 g/mol. The van der Waals surface area contributed by atoms with Crippen molar-refractivity contribution in [3.63, 3.8) is 0 Å². The summed E-state index contributed by atoms with van der Waals surface area (Å²) >= 11 is 5.94. The van der Waals surface area contributed by atoms with Crippen LogP contribution in [0.15, 0.2) is 42.5 Å². The number of nitrogens with one attached hydrogen (secondary N) is 1. The van der Waals surface area contributed by atoms with Gasteiger partial charge in [0.1, 0.15) is 5.75 Å². The molecule has 0 bridgehead atoms. The number of nitrogens with two attached hydrogens (primary N) is 1. The van der Waals surface area contributed by atoms with Gasteiger partial charge in [0.25, 0.3) is 0 Å². The summed E-state index contributed by atoms with van der Waals surface area (Å²) in [7, 11) is 0. The van der Waals surface area contributed by atoms with E-state index in [9.17, 15) is 9.59 Å². The van der Waals surface area contributed by atoms with Gasteiger partial charge in [0, 0.05) is 17.1 Å². The molecule has 184 valence electrons. The molecule has 1 amide bonds. The zero-order chi connectivity index (χ0) is 25.1. The third-order valence-electron chi connectivity index (χ3n) is 4.63. The number of amides is 1. The van der Waals surface area contributed by atoms with Gasteiger partial charge in [-0.05, 0) is 56.8 Å². The first-order chi connectivity index (χ1) is 15.9. The molecule has 0 aromatic heterocycles. The molecule has 33 heavy (non-hydrogen) atoms. The normalized spacial score (nSPS) is 12.4. The lowest BCUT2D eigenvalue weighted by Crippen LogP contribution is -2.20. The van der Waals surface area contributed by atoms with Crippen molar-refractivity contribution in [1.82, 2.24) is 5.32 Å². The minimum atomic E-state index is -0.969. The second kappa shape index (κ2) is 18.9. The quantitative estimate of drug-likeness (QED) is 0.443. The molecule has 1 fully saturated rings. The first-order valence-corrected chi connectivity index (χ1v) is 11.9. The van der Waals surface area contributed by atoms with Gasteiger partial charge in [-0.2, -0.15) is 0 Å². The number of hydrogen-bond acceptors (Lipinski definition) is 4. The SMILES string of the molecule is CC.CCN.Cc1c(OC2CCCCC2)cc(Cl)cc1C(=O)O.O=CNCc1ccccc1. The minimum absolute atomic E-state index is 0.192. The van der Waals surface area contributed by atoms with Gasteiger partial charge in [0.05, 0.1) is 11.7 Å². The molecule has 6 nitrogen and oxygen atoms in total. The van der Waals surface area contributed by atoms with E-state index in [1.54, 1.807) is 13.0 Å². The van der Waals surface area contributed by atoms with E-state index < -0.39 is 5.97 Å². The van der Waals surface area contributed by atoms with Crippen LogP contribution in [0.5, 0.6) is 5.75 Å². The highest BCUT2D eigenvalue weighted by molar-refractivity contribution is 6.31. The Balaban J connectivity index is 0.000000576. The maximum atomic E-state index is 11.1. The molecular formula is C26H39ClN2O4. The third-order valence-corrected chi connectivity index (χ3v) is 4.85.